The highest BCUT2D eigenvalue weighted by Gasteiger charge is 2.47. The lowest BCUT2D eigenvalue weighted by molar-refractivity contribution is -0.451. The largest absolute Gasteiger partial charge is 0.372 e. The number of rotatable bonds is 11. The number of unbranched alkanes of at least 4 members (excludes halogenated alkanes) is 1. The molecule has 0 N–H and O–H groups in total. The Kier molecular flexibility index (Phi) is 11.1. The molecule has 2 fully saturated rings. The first-order valence-electron chi connectivity index (χ1n) is 22.7. The van der Waals surface area contributed by atoms with Crippen LogP contribution in [0.25, 0.3) is 33.7 Å². The predicted octanol–water partition coefficient (Wildman–Crippen LogP) is 13.5. The van der Waals surface area contributed by atoms with Crippen molar-refractivity contribution in [2.24, 2.45) is 0 Å². The molecule has 4 aliphatic rings. The summed E-state index contributed by atoms with van der Waals surface area (Å²) < 4.78 is 5.28. The number of benzene rings is 6. The molecule has 0 bridgehead atoms. The second-order valence-electron chi connectivity index (χ2n) is 18.6. The lowest BCUT2D eigenvalue weighted by Gasteiger charge is -2.18. The van der Waals surface area contributed by atoms with E-state index in [0.29, 0.717) is 0 Å². The molecule has 6 aromatic rings. The average Bonchev–Trinajstić information content (AvgIpc) is 4.08. The lowest BCUT2D eigenvalue weighted by Crippen LogP contribution is -2.29. The zero-order valence-corrected chi connectivity index (χ0v) is 36.1. The van der Waals surface area contributed by atoms with Crippen molar-refractivity contribution in [3.8, 4) is 0 Å². The summed E-state index contributed by atoms with van der Waals surface area (Å²) >= 11 is 0. The van der Waals surface area contributed by atoms with Crippen LogP contribution in [0.1, 0.15) is 95.9 Å². The maximum atomic E-state index is 2.64. The van der Waals surface area contributed by atoms with Crippen LogP contribution in [0, 0.1) is 0 Å². The van der Waals surface area contributed by atoms with E-state index >= 15 is 0 Å². The Morgan fingerprint density at radius 1 is 0.459 bits per heavy atom. The maximum Gasteiger partial charge on any atom is 0.210 e. The molecule has 0 radical (unpaired) electrons. The Morgan fingerprint density at radius 3 is 1.23 bits per heavy atom. The second-order valence-corrected chi connectivity index (χ2v) is 18.6. The van der Waals surface area contributed by atoms with Gasteiger partial charge in [-0.25, -0.2) is 0 Å². The van der Waals surface area contributed by atoms with Gasteiger partial charge >= 0.3 is 0 Å². The van der Waals surface area contributed by atoms with E-state index in [1.807, 2.05) is 0 Å². The van der Waals surface area contributed by atoms with Gasteiger partial charge in [0.25, 0.3) is 0 Å². The summed E-state index contributed by atoms with van der Waals surface area (Å²) in [6, 6.07) is 45.7. The topological polar surface area (TPSA) is 12.5 Å². The van der Waals surface area contributed by atoms with Gasteiger partial charge < -0.3 is 9.80 Å². The first-order valence-corrected chi connectivity index (χ1v) is 22.7. The summed E-state index contributed by atoms with van der Waals surface area (Å²) in [5.74, 6) is 0. The van der Waals surface area contributed by atoms with Gasteiger partial charge in [0.15, 0.2) is 11.4 Å². The van der Waals surface area contributed by atoms with Crippen LogP contribution < -0.4 is 9.80 Å². The lowest BCUT2D eigenvalue weighted by atomic mass is 9.79. The van der Waals surface area contributed by atoms with Gasteiger partial charge in [-0.05, 0) is 135 Å². The molecule has 310 valence electrons. The Hall–Kier alpha value is -5.74. The van der Waals surface area contributed by atoms with Crippen molar-refractivity contribution in [2.75, 3.05) is 49.1 Å². The van der Waals surface area contributed by atoms with E-state index in [2.05, 4.69) is 192 Å². The monoisotopic (exact) mass is 805 g/mol. The SMILES string of the molecule is C.CC1(C)C(/C=C/c2ccc(N3CCCC3)cc2)=[N+](CCCC[N+]2=C(/C=C/c3ccc(N4CCCC4)cc3)C(C)(C)c3c2ccc2ccccc32)c2ccc3ccccc3c21. The predicted molar refractivity (Wildman–Crippen MR) is 263 cm³/mol. The zero-order valence-electron chi connectivity index (χ0n) is 36.1. The Bertz CT molecular complexity index is 2510. The Balaban J connectivity index is 0.00000476. The minimum atomic E-state index is -0.139. The molecule has 4 aliphatic heterocycles. The summed E-state index contributed by atoms with van der Waals surface area (Å²) in [6.07, 6.45) is 16.9. The third-order valence-electron chi connectivity index (χ3n) is 14.1. The summed E-state index contributed by atoms with van der Waals surface area (Å²) in [6.45, 7) is 16.3. The molecule has 0 unspecified atom stereocenters. The molecule has 0 aliphatic carbocycles. The van der Waals surface area contributed by atoms with E-state index in [1.165, 1.54) is 130 Å². The van der Waals surface area contributed by atoms with E-state index in [9.17, 15) is 0 Å². The first kappa shape index (κ1) is 40.7. The highest BCUT2D eigenvalue weighted by molar-refractivity contribution is 6.10. The van der Waals surface area contributed by atoms with Crippen molar-refractivity contribution in [3.05, 3.63) is 156 Å². The molecule has 4 heteroatoms. The van der Waals surface area contributed by atoms with Gasteiger partial charge in [-0.1, -0.05) is 80.2 Å². The zero-order chi connectivity index (χ0) is 40.8. The normalized spacial score (nSPS) is 18.0. The van der Waals surface area contributed by atoms with Crippen LogP contribution in [-0.4, -0.2) is 59.8 Å². The van der Waals surface area contributed by atoms with Crippen molar-refractivity contribution < 1.29 is 9.15 Å². The smallest absolute Gasteiger partial charge is 0.210 e. The molecule has 0 amide bonds. The van der Waals surface area contributed by atoms with E-state index in [0.717, 1.165) is 25.9 Å². The molecular weight excluding hydrogens is 741 g/mol. The Labute approximate surface area is 364 Å². The van der Waals surface area contributed by atoms with Gasteiger partial charge in [0.05, 0.1) is 10.8 Å². The fraction of sp³-hybridized carbons (Fsp3) is 0.333. The Morgan fingerprint density at radius 2 is 0.836 bits per heavy atom. The average molecular weight is 805 g/mol. The van der Waals surface area contributed by atoms with E-state index in [4.69, 9.17) is 0 Å². The fourth-order valence-electron chi connectivity index (χ4n) is 11.0. The molecule has 4 nitrogen and oxygen atoms in total. The van der Waals surface area contributed by atoms with E-state index in [-0.39, 0.29) is 18.3 Å². The van der Waals surface area contributed by atoms with Crippen LogP contribution in [-0.2, 0) is 10.8 Å². The van der Waals surface area contributed by atoms with Crippen LogP contribution >= 0.6 is 0 Å². The van der Waals surface area contributed by atoms with Gasteiger partial charge in [0.1, 0.15) is 13.1 Å². The molecule has 0 atom stereocenters. The quantitative estimate of drug-likeness (QED) is 0.0955. The molecule has 61 heavy (non-hydrogen) atoms. The molecule has 0 saturated carbocycles. The number of hydrogen-bond acceptors (Lipinski definition) is 2. The number of nitrogens with zero attached hydrogens (tertiary/aromatic N) is 4. The van der Waals surface area contributed by atoms with Gasteiger partial charge in [-0.15, -0.1) is 0 Å². The number of fused-ring (bicyclic) bond motifs is 6. The van der Waals surface area contributed by atoms with Crippen LogP contribution in [0.2, 0.25) is 0 Å². The van der Waals surface area contributed by atoms with Crippen molar-refractivity contribution in [3.63, 3.8) is 0 Å². The van der Waals surface area contributed by atoms with Gasteiger partial charge in [-0.2, -0.15) is 9.15 Å². The number of allylic oxidation sites excluding steroid dienone is 2. The molecule has 6 aromatic carbocycles. The summed E-state index contributed by atoms with van der Waals surface area (Å²) in [5.41, 5.74) is 13.3. The van der Waals surface area contributed by atoms with Crippen molar-refractivity contribution in [1.82, 2.24) is 0 Å². The molecular formula is C57H64N4+2. The molecule has 10 rings (SSSR count). The maximum absolute atomic E-state index is 2.64. The molecule has 0 aromatic heterocycles. The van der Waals surface area contributed by atoms with Crippen LogP contribution in [0.5, 0.6) is 0 Å². The minimum Gasteiger partial charge on any atom is -0.372 e. The van der Waals surface area contributed by atoms with Crippen LogP contribution in [0.4, 0.5) is 22.7 Å². The number of hydrogen-bond donors (Lipinski definition) is 0. The third kappa shape index (κ3) is 7.43. The third-order valence-corrected chi connectivity index (χ3v) is 14.1. The highest BCUT2D eigenvalue weighted by atomic mass is 15.1. The van der Waals surface area contributed by atoms with Crippen molar-refractivity contribution >= 4 is 67.9 Å². The van der Waals surface area contributed by atoms with Gasteiger partial charge in [0.2, 0.25) is 11.4 Å². The summed E-state index contributed by atoms with van der Waals surface area (Å²) in [4.78, 5) is 5.03. The van der Waals surface area contributed by atoms with Crippen LogP contribution in [0.3, 0.4) is 0 Å². The van der Waals surface area contributed by atoms with Gasteiger partial charge in [0, 0.05) is 85.8 Å². The number of anilines is 2. The van der Waals surface area contributed by atoms with Crippen LogP contribution in [0.15, 0.2) is 133 Å². The highest BCUT2D eigenvalue weighted by Crippen LogP contribution is 2.46. The first-order chi connectivity index (χ1) is 29.3. The van der Waals surface area contributed by atoms with E-state index < -0.39 is 0 Å². The molecule has 0 spiro atoms. The minimum absolute atomic E-state index is 0. The molecule has 4 heterocycles. The van der Waals surface area contributed by atoms with Crippen molar-refractivity contribution in [1.29, 1.82) is 0 Å². The summed E-state index contributed by atoms with van der Waals surface area (Å²) in [7, 11) is 0. The fourth-order valence-corrected chi connectivity index (χ4v) is 11.0. The second kappa shape index (κ2) is 16.6. The standard InChI is InChI=1S/C56H60N4.CH4/c1-55(2)51(33-23-41-19-27-45(28-20-41)57-35-9-10-36-57)59(49-31-25-43-15-5-7-17-47(43)53(49)55)39-13-14-40-60-50-32-26-44-16-6-8-18-48(44)54(50)56(3,4)52(60)34-24-42-21-29-46(30-22-42)58-37-11-12-38-58;/h5-8,15-34H,9-14,35-40H2,1-4H3;1H4/q+2;. The van der Waals surface area contributed by atoms with E-state index in [1.54, 1.807) is 0 Å². The van der Waals surface area contributed by atoms with Gasteiger partial charge in [-0.3, -0.25) is 0 Å². The molecule has 2 saturated heterocycles. The summed E-state index contributed by atoms with van der Waals surface area (Å²) in [5, 5.41) is 5.36. The van der Waals surface area contributed by atoms with Crippen molar-refractivity contribution in [2.45, 2.75) is 84.5 Å².